The maximum Gasteiger partial charge on any atom is 0.0674 e. The summed E-state index contributed by atoms with van der Waals surface area (Å²) >= 11 is 0. The molecule has 1 unspecified atom stereocenters. The van der Waals surface area contributed by atoms with Gasteiger partial charge in [-0.2, -0.15) is 0 Å². The van der Waals surface area contributed by atoms with Gasteiger partial charge in [-0.15, -0.1) is 0 Å². The van der Waals surface area contributed by atoms with Gasteiger partial charge in [0.25, 0.3) is 0 Å². The van der Waals surface area contributed by atoms with Crippen LogP contribution in [0.15, 0.2) is 0 Å². The highest BCUT2D eigenvalue weighted by Gasteiger charge is 1.95. The molecule has 5 nitrogen and oxygen atoms in total. The van der Waals surface area contributed by atoms with Gasteiger partial charge >= 0.3 is 0 Å². The van der Waals surface area contributed by atoms with Crippen molar-refractivity contribution in [1.82, 2.24) is 0 Å². The molecule has 0 aromatic heterocycles. The molecule has 70 valence electrons. The summed E-state index contributed by atoms with van der Waals surface area (Å²) in [5.74, 6) is 0. The molecule has 1 atom stereocenters. The first-order valence-corrected chi connectivity index (χ1v) is 3.62. The van der Waals surface area contributed by atoms with Gasteiger partial charge in [0.1, 0.15) is 0 Å². The van der Waals surface area contributed by atoms with Crippen molar-refractivity contribution >= 4 is 0 Å². The van der Waals surface area contributed by atoms with Crippen molar-refractivity contribution in [2.24, 2.45) is 17.2 Å². The average molecular weight is 165 g/mol. The number of hydrogen-bond acceptors (Lipinski definition) is 5. The van der Waals surface area contributed by atoms with Gasteiger partial charge in [0, 0.05) is 13.1 Å². The van der Waals surface area contributed by atoms with E-state index in [0.717, 1.165) is 0 Å². The quantitative estimate of drug-likeness (QED) is 0.318. The molecule has 11 heavy (non-hydrogen) atoms. The molecule has 0 spiro atoms. The first-order valence-electron chi connectivity index (χ1n) is 3.62. The average Bonchev–Trinajstić information content (AvgIpc) is 2.05. The Morgan fingerprint density at radius 1 is 1.09 bits per heavy atom. The van der Waals surface area contributed by atoms with Crippen LogP contribution in [-0.4, -0.2) is 42.6 Å². The zero-order chi connectivity index (χ0) is 9.11. The van der Waals surface area contributed by atoms with Crippen molar-refractivity contribution in [3.63, 3.8) is 0 Å². The minimum absolute atomic E-state index is 0.0972. The van der Waals surface area contributed by atoms with Gasteiger partial charge in [0.15, 0.2) is 0 Å². The second-order valence-corrected chi connectivity index (χ2v) is 1.98. The Morgan fingerprint density at radius 2 is 1.55 bits per heavy atom. The van der Waals surface area contributed by atoms with E-state index in [1.807, 2.05) is 0 Å². The third kappa shape index (κ3) is 17.7. The van der Waals surface area contributed by atoms with Crippen molar-refractivity contribution in [3.8, 4) is 0 Å². The normalized spacial score (nSPS) is 11.7. The molecule has 0 saturated carbocycles. The lowest BCUT2D eigenvalue weighted by atomic mass is 10.3. The third-order valence-electron chi connectivity index (χ3n) is 0.901. The second kappa shape index (κ2) is 12.5. The lowest BCUT2D eigenvalue weighted by molar-refractivity contribution is 0.175. The van der Waals surface area contributed by atoms with Crippen molar-refractivity contribution in [1.29, 1.82) is 0 Å². The Balaban J connectivity index is 0. The molecule has 0 aliphatic heterocycles. The van der Waals surface area contributed by atoms with Gasteiger partial charge in [-0.05, 0) is 13.0 Å². The standard InChI is InChI=1S/C4H12N2O.C2H7NO/c5-2-1-4(7)3-6;3-1-2-4/h4,7H,1-3,5-6H2;4H,1-3H2. The maximum absolute atomic E-state index is 8.65. The van der Waals surface area contributed by atoms with E-state index in [2.05, 4.69) is 0 Å². The number of hydrogen-bond donors (Lipinski definition) is 5. The molecule has 0 aromatic rings. The molecule has 0 rings (SSSR count). The van der Waals surface area contributed by atoms with Crippen molar-refractivity contribution < 1.29 is 10.2 Å². The van der Waals surface area contributed by atoms with Crippen LogP contribution >= 0.6 is 0 Å². The van der Waals surface area contributed by atoms with Gasteiger partial charge < -0.3 is 27.4 Å². The van der Waals surface area contributed by atoms with E-state index >= 15 is 0 Å². The van der Waals surface area contributed by atoms with Gasteiger partial charge in [-0.1, -0.05) is 0 Å². The molecule has 0 heterocycles. The highest BCUT2D eigenvalue weighted by Crippen LogP contribution is 1.81. The summed E-state index contributed by atoms with van der Waals surface area (Å²) in [6, 6.07) is 0. The fourth-order valence-corrected chi connectivity index (χ4v) is 0.310. The summed E-state index contributed by atoms with van der Waals surface area (Å²) in [6.45, 7) is 1.30. The van der Waals surface area contributed by atoms with Crippen LogP contribution in [0.25, 0.3) is 0 Å². The first kappa shape index (κ1) is 13.4. The summed E-state index contributed by atoms with van der Waals surface area (Å²) in [6.07, 6.45) is 0.209. The first-order chi connectivity index (χ1) is 5.22. The molecule has 5 heteroatoms. The van der Waals surface area contributed by atoms with Crippen molar-refractivity contribution in [3.05, 3.63) is 0 Å². The molecule has 0 bridgehead atoms. The molecule has 8 N–H and O–H groups in total. The SMILES string of the molecule is NCCC(O)CN.NCCO. The number of aliphatic hydroxyl groups excluding tert-OH is 2. The molecule has 0 saturated heterocycles. The molecule has 0 aromatic carbocycles. The van der Waals surface area contributed by atoms with E-state index in [1.165, 1.54) is 0 Å². The van der Waals surface area contributed by atoms with Crippen LogP contribution in [0.3, 0.4) is 0 Å². The highest BCUT2D eigenvalue weighted by molar-refractivity contribution is 4.53. The Labute approximate surface area is 67.2 Å². The fraction of sp³-hybridized carbons (Fsp3) is 1.00. The monoisotopic (exact) mass is 165 g/mol. The minimum atomic E-state index is -0.398. The topological polar surface area (TPSA) is 119 Å². The largest absolute Gasteiger partial charge is 0.395 e. The van der Waals surface area contributed by atoms with Crippen LogP contribution in [0.2, 0.25) is 0 Å². The van der Waals surface area contributed by atoms with Crippen LogP contribution in [0, 0.1) is 0 Å². The summed E-state index contributed by atoms with van der Waals surface area (Å²) in [5.41, 5.74) is 14.9. The number of rotatable bonds is 4. The van der Waals surface area contributed by atoms with E-state index in [9.17, 15) is 0 Å². The van der Waals surface area contributed by atoms with E-state index in [1.54, 1.807) is 0 Å². The predicted molar refractivity (Wildman–Crippen MR) is 44.9 cm³/mol. The summed E-state index contributed by atoms with van der Waals surface area (Å²) in [5, 5.41) is 16.4. The van der Waals surface area contributed by atoms with Crippen LogP contribution in [0.1, 0.15) is 6.42 Å². The smallest absolute Gasteiger partial charge is 0.0674 e. The van der Waals surface area contributed by atoms with Gasteiger partial charge in [0.05, 0.1) is 12.7 Å². The molecular weight excluding hydrogens is 146 g/mol. The highest BCUT2D eigenvalue weighted by atomic mass is 16.3. The second-order valence-electron chi connectivity index (χ2n) is 1.98. The van der Waals surface area contributed by atoms with Crippen molar-refractivity contribution in [2.45, 2.75) is 12.5 Å². The van der Waals surface area contributed by atoms with Crippen LogP contribution in [-0.2, 0) is 0 Å². The van der Waals surface area contributed by atoms with E-state index in [-0.39, 0.29) is 6.61 Å². The molecule has 0 aliphatic carbocycles. The van der Waals surface area contributed by atoms with Crippen LogP contribution < -0.4 is 17.2 Å². The lowest BCUT2D eigenvalue weighted by Crippen LogP contribution is -2.22. The molecule has 0 amide bonds. The van der Waals surface area contributed by atoms with Crippen LogP contribution in [0.4, 0.5) is 0 Å². The summed E-state index contributed by atoms with van der Waals surface area (Å²) < 4.78 is 0. The molecule has 0 radical (unpaired) electrons. The Hall–Kier alpha value is -0.200. The zero-order valence-corrected chi connectivity index (χ0v) is 6.74. The van der Waals surface area contributed by atoms with Crippen LogP contribution in [0.5, 0.6) is 0 Å². The van der Waals surface area contributed by atoms with E-state index < -0.39 is 6.10 Å². The number of nitrogens with two attached hydrogens (primary N) is 3. The Kier molecular flexibility index (Phi) is 15.2. The van der Waals surface area contributed by atoms with Crippen molar-refractivity contribution in [2.75, 3.05) is 26.2 Å². The van der Waals surface area contributed by atoms with Gasteiger partial charge in [-0.3, -0.25) is 0 Å². The Morgan fingerprint density at radius 3 is 1.64 bits per heavy atom. The Bertz CT molecular complexity index is 61.8. The van der Waals surface area contributed by atoms with Gasteiger partial charge in [-0.25, -0.2) is 0 Å². The lowest BCUT2D eigenvalue weighted by Gasteiger charge is -2.01. The van der Waals surface area contributed by atoms with E-state index in [4.69, 9.17) is 27.4 Å². The zero-order valence-electron chi connectivity index (χ0n) is 6.74. The maximum atomic E-state index is 8.65. The third-order valence-corrected chi connectivity index (χ3v) is 0.901. The minimum Gasteiger partial charge on any atom is -0.395 e. The molecular formula is C6H19N3O2. The fourth-order valence-electron chi connectivity index (χ4n) is 0.310. The predicted octanol–water partition coefficient (Wildman–Crippen LogP) is -2.41. The van der Waals surface area contributed by atoms with E-state index in [0.29, 0.717) is 26.1 Å². The van der Waals surface area contributed by atoms with Gasteiger partial charge in [0.2, 0.25) is 0 Å². The number of aliphatic hydroxyl groups is 2. The summed E-state index contributed by atoms with van der Waals surface area (Å²) in [7, 11) is 0. The molecule has 0 fully saturated rings. The molecule has 0 aliphatic rings. The summed E-state index contributed by atoms with van der Waals surface area (Å²) in [4.78, 5) is 0.